The van der Waals surface area contributed by atoms with E-state index in [1.54, 1.807) is 6.08 Å². The molecule has 0 aliphatic heterocycles. The number of pyridine rings is 1. The zero-order chi connectivity index (χ0) is 33.4. The molecule has 46 heavy (non-hydrogen) atoms. The van der Waals surface area contributed by atoms with Crippen LogP contribution in [0.2, 0.25) is 5.02 Å². The number of hydrogen-bond acceptors (Lipinski definition) is 5. The smallest absolute Gasteiger partial charge is 0.417 e. The maximum Gasteiger partial charge on any atom is 0.417 e. The molecule has 0 saturated carbocycles. The van der Waals surface area contributed by atoms with Crippen molar-refractivity contribution in [2.45, 2.75) is 26.4 Å². The van der Waals surface area contributed by atoms with E-state index < -0.39 is 34.6 Å². The van der Waals surface area contributed by atoms with Gasteiger partial charge in [0.2, 0.25) is 0 Å². The number of carbonyl (C=O) groups excluding carboxylic acids is 3. The van der Waals surface area contributed by atoms with E-state index >= 15 is 0 Å². The highest BCUT2D eigenvalue weighted by Crippen LogP contribution is 2.36. The van der Waals surface area contributed by atoms with Crippen molar-refractivity contribution in [1.29, 1.82) is 0 Å². The second-order valence-corrected chi connectivity index (χ2v) is 10.6. The Morgan fingerprint density at radius 2 is 1.70 bits per heavy atom. The zero-order valence-electron chi connectivity index (χ0n) is 24.7. The number of carbonyl (C=O) groups is 3. The average Bonchev–Trinajstić information content (AvgIpc) is 3.01. The van der Waals surface area contributed by atoms with Gasteiger partial charge in [0.25, 0.3) is 11.8 Å². The lowest BCUT2D eigenvalue weighted by atomic mass is 9.90. The number of rotatable bonds is 8. The number of hydrogen-bond donors (Lipinski definition) is 4. The molecule has 9 nitrogen and oxygen atoms in total. The van der Waals surface area contributed by atoms with E-state index in [0.29, 0.717) is 17.4 Å². The predicted molar refractivity (Wildman–Crippen MR) is 169 cm³/mol. The largest absolute Gasteiger partial charge is 0.457 e. The first-order valence-corrected chi connectivity index (χ1v) is 14.2. The molecule has 1 aliphatic rings. The monoisotopic (exact) mass is 651 g/mol. The van der Waals surface area contributed by atoms with Gasteiger partial charge in [-0.1, -0.05) is 43.3 Å². The van der Waals surface area contributed by atoms with Gasteiger partial charge in [0, 0.05) is 29.2 Å². The first kappa shape index (κ1) is 33.5. The molecule has 1 aliphatic carbocycles. The van der Waals surface area contributed by atoms with E-state index in [9.17, 15) is 27.6 Å². The van der Waals surface area contributed by atoms with E-state index in [0.717, 1.165) is 29.7 Å². The number of halogens is 4. The van der Waals surface area contributed by atoms with Gasteiger partial charge in [0.05, 0.1) is 10.6 Å². The zero-order valence-corrected chi connectivity index (χ0v) is 25.4. The summed E-state index contributed by atoms with van der Waals surface area (Å²) in [7, 11) is 0. The summed E-state index contributed by atoms with van der Waals surface area (Å²) < 4.78 is 45.0. The third-order valence-electron chi connectivity index (χ3n) is 6.67. The van der Waals surface area contributed by atoms with Crippen molar-refractivity contribution in [1.82, 2.24) is 15.8 Å². The molecular formula is C33H29ClF3N5O4. The summed E-state index contributed by atoms with van der Waals surface area (Å²) in [5, 5.41) is 4.35. The molecule has 0 bridgehead atoms. The quantitative estimate of drug-likeness (QED) is 0.112. The number of aromatic nitrogens is 1. The standard InChI is InChI=1S/C33H29ClF3N5O4/c1-4-21(16-22-15-19(2)5-6-20(22)3)30(43)41-42-31(44)29-18-26(13-14-38-29)46-25-10-7-23(8-11-25)39-32(45)40-24-9-12-28(34)27(17-24)33(35,36)37/h4-14,16-19H,1,15H2,2-3H3,(H,41,43)(H,42,44)(H2,39,40,45)/b21-16+. The Morgan fingerprint density at radius 1 is 1.00 bits per heavy atom. The van der Waals surface area contributed by atoms with E-state index in [-0.39, 0.29) is 22.7 Å². The lowest BCUT2D eigenvalue weighted by Crippen LogP contribution is -2.42. The van der Waals surface area contributed by atoms with Gasteiger partial charge in [-0.3, -0.25) is 25.4 Å². The Labute approximate surface area is 267 Å². The summed E-state index contributed by atoms with van der Waals surface area (Å²) in [4.78, 5) is 41.7. The summed E-state index contributed by atoms with van der Waals surface area (Å²) in [5.41, 5.74) is 6.18. The number of anilines is 2. The van der Waals surface area contributed by atoms with Crippen molar-refractivity contribution in [3.63, 3.8) is 0 Å². The number of nitrogens with zero attached hydrogens (tertiary/aromatic N) is 1. The van der Waals surface area contributed by atoms with Crippen LogP contribution in [0.5, 0.6) is 11.5 Å². The molecule has 1 atom stereocenters. The van der Waals surface area contributed by atoms with Crippen molar-refractivity contribution >= 4 is 40.8 Å². The summed E-state index contributed by atoms with van der Waals surface area (Å²) >= 11 is 5.61. The normalized spacial score (nSPS) is 14.7. The van der Waals surface area contributed by atoms with Crippen LogP contribution in [0.3, 0.4) is 0 Å². The van der Waals surface area contributed by atoms with Gasteiger partial charge < -0.3 is 15.4 Å². The van der Waals surface area contributed by atoms with Gasteiger partial charge in [-0.05, 0) is 85.0 Å². The molecule has 1 unspecified atom stereocenters. The van der Waals surface area contributed by atoms with Crippen LogP contribution in [0.1, 0.15) is 36.3 Å². The molecule has 0 fully saturated rings. The minimum Gasteiger partial charge on any atom is -0.457 e. The molecule has 238 valence electrons. The number of allylic oxidation sites excluding steroid dienone is 5. The van der Waals surface area contributed by atoms with Gasteiger partial charge in [-0.2, -0.15) is 13.2 Å². The Morgan fingerprint density at radius 3 is 2.39 bits per heavy atom. The molecule has 0 spiro atoms. The lowest BCUT2D eigenvalue weighted by molar-refractivity contribution is -0.137. The van der Waals surface area contributed by atoms with Crippen molar-refractivity contribution in [2.24, 2.45) is 5.92 Å². The molecule has 1 aromatic heterocycles. The predicted octanol–water partition coefficient (Wildman–Crippen LogP) is 7.98. The van der Waals surface area contributed by atoms with Gasteiger partial charge in [0.15, 0.2) is 0 Å². The molecule has 1 heterocycles. The molecule has 4 rings (SSSR count). The number of nitrogens with one attached hydrogen (secondary N) is 4. The average molecular weight is 652 g/mol. The van der Waals surface area contributed by atoms with Crippen molar-refractivity contribution < 1.29 is 32.3 Å². The topological polar surface area (TPSA) is 121 Å². The van der Waals surface area contributed by atoms with Crippen molar-refractivity contribution in [3.05, 3.63) is 125 Å². The van der Waals surface area contributed by atoms with Gasteiger partial charge in [-0.15, -0.1) is 0 Å². The summed E-state index contributed by atoms with van der Waals surface area (Å²) in [6, 6.07) is 11.2. The second-order valence-electron chi connectivity index (χ2n) is 10.2. The van der Waals surface area contributed by atoms with Crippen LogP contribution < -0.4 is 26.2 Å². The van der Waals surface area contributed by atoms with E-state index in [1.807, 2.05) is 13.0 Å². The maximum atomic E-state index is 13.1. The second kappa shape index (κ2) is 14.6. The van der Waals surface area contributed by atoms with Crippen molar-refractivity contribution in [3.8, 4) is 11.5 Å². The molecule has 4 amide bonds. The fourth-order valence-corrected chi connectivity index (χ4v) is 4.50. The van der Waals surface area contributed by atoms with Crippen LogP contribution in [0.25, 0.3) is 0 Å². The summed E-state index contributed by atoms with van der Waals surface area (Å²) in [5.74, 6) is -0.268. The third kappa shape index (κ3) is 9.08. The highest BCUT2D eigenvalue weighted by molar-refractivity contribution is 6.31. The number of ether oxygens (including phenoxy) is 1. The minimum absolute atomic E-state index is 0.0300. The Bertz CT molecular complexity index is 1750. The van der Waals surface area contributed by atoms with Crippen LogP contribution in [0, 0.1) is 5.92 Å². The van der Waals surface area contributed by atoms with Crippen LogP contribution in [-0.2, 0) is 11.0 Å². The molecule has 0 radical (unpaired) electrons. The fourth-order valence-electron chi connectivity index (χ4n) is 4.27. The number of hydrazine groups is 1. The molecule has 0 saturated heterocycles. The fraction of sp³-hybridized carbons (Fsp3) is 0.152. The first-order valence-electron chi connectivity index (χ1n) is 13.8. The van der Waals surface area contributed by atoms with Crippen LogP contribution in [0.15, 0.2) is 108 Å². The highest BCUT2D eigenvalue weighted by Gasteiger charge is 2.33. The number of amides is 4. The Hall–Kier alpha value is -5.36. The molecule has 4 N–H and O–H groups in total. The molecule has 3 aromatic rings. The van der Waals surface area contributed by atoms with Gasteiger partial charge >= 0.3 is 12.2 Å². The Kier molecular flexibility index (Phi) is 10.7. The van der Waals surface area contributed by atoms with E-state index in [4.69, 9.17) is 16.3 Å². The van der Waals surface area contributed by atoms with Crippen LogP contribution >= 0.6 is 11.6 Å². The summed E-state index contributed by atoms with van der Waals surface area (Å²) in [6.07, 6.45) is 4.74. The van der Waals surface area contributed by atoms with Crippen LogP contribution in [-0.4, -0.2) is 22.8 Å². The summed E-state index contributed by atoms with van der Waals surface area (Å²) in [6.45, 7) is 7.75. The number of benzene rings is 2. The maximum absolute atomic E-state index is 13.1. The Balaban J connectivity index is 1.32. The van der Waals surface area contributed by atoms with Crippen molar-refractivity contribution in [2.75, 3.05) is 10.6 Å². The number of urea groups is 1. The van der Waals surface area contributed by atoms with E-state index in [1.165, 1.54) is 54.7 Å². The number of alkyl halides is 3. The molecule has 2 aromatic carbocycles. The first-order chi connectivity index (χ1) is 21.8. The van der Waals surface area contributed by atoms with Gasteiger partial charge in [-0.25, -0.2) is 4.79 Å². The highest BCUT2D eigenvalue weighted by atomic mass is 35.5. The molecule has 13 heteroatoms. The SMILES string of the molecule is C=C/C(=C\C1=C(C)C=CC(C)C1)C(=O)NNC(=O)c1cc(Oc2ccc(NC(=O)Nc3ccc(Cl)c(C(F)(F)F)c3)cc2)ccn1. The third-order valence-corrected chi connectivity index (χ3v) is 7.00. The molecular weight excluding hydrogens is 623 g/mol. The van der Waals surface area contributed by atoms with E-state index in [2.05, 4.69) is 46.0 Å². The minimum atomic E-state index is -4.67. The lowest BCUT2D eigenvalue weighted by Gasteiger charge is -2.16. The van der Waals surface area contributed by atoms with Crippen LogP contribution in [0.4, 0.5) is 29.3 Å². The van der Waals surface area contributed by atoms with Gasteiger partial charge in [0.1, 0.15) is 17.2 Å².